The summed E-state index contributed by atoms with van der Waals surface area (Å²) in [7, 11) is 1.51. The van der Waals surface area contributed by atoms with Crippen molar-refractivity contribution in [2.75, 3.05) is 12.4 Å². The number of nitrogens with zero attached hydrogens (tertiary/aromatic N) is 2. The number of nitro groups is 1. The molecule has 1 amide bonds. The van der Waals surface area contributed by atoms with Crippen LogP contribution in [-0.2, 0) is 11.4 Å². The Morgan fingerprint density at radius 2 is 1.82 bits per heavy atom. The fourth-order valence-corrected chi connectivity index (χ4v) is 3.42. The van der Waals surface area contributed by atoms with Crippen molar-refractivity contribution in [3.05, 3.63) is 98.6 Å². The van der Waals surface area contributed by atoms with Gasteiger partial charge in [-0.15, -0.1) is 0 Å². The van der Waals surface area contributed by atoms with E-state index < -0.39 is 10.8 Å². The molecule has 0 radical (unpaired) electrons. The van der Waals surface area contributed by atoms with E-state index in [1.807, 2.05) is 19.9 Å². The maximum absolute atomic E-state index is 12.5. The Bertz CT molecular complexity index is 1290. The quantitative estimate of drug-likeness (QED) is 0.211. The van der Waals surface area contributed by atoms with E-state index in [9.17, 15) is 20.2 Å². The van der Waals surface area contributed by atoms with Crippen LogP contribution >= 0.6 is 0 Å². The van der Waals surface area contributed by atoms with Gasteiger partial charge >= 0.3 is 0 Å². The fraction of sp³-hybridized carbons (Fsp3) is 0.154. The van der Waals surface area contributed by atoms with Gasteiger partial charge in [0.2, 0.25) is 0 Å². The van der Waals surface area contributed by atoms with Crippen LogP contribution < -0.4 is 14.8 Å². The SMILES string of the molecule is COc1cc(/C=C(\C#N)C(=O)Nc2cccc([N+](=O)[O-])c2)ccc1OCc1cc(C)cc(C)c1. The van der Waals surface area contributed by atoms with Gasteiger partial charge in [0.1, 0.15) is 18.2 Å². The first-order chi connectivity index (χ1) is 16.3. The van der Waals surface area contributed by atoms with E-state index >= 15 is 0 Å². The van der Waals surface area contributed by atoms with Crippen molar-refractivity contribution >= 4 is 23.4 Å². The third-order valence-corrected chi connectivity index (χ3v) is 4.85. The van der Waals surface area contributed by atoms with E-state index in [1.165, 1.54) is 37.5 Å². The Kier molecular flexibility index (Phi) is 7.62. The molecule has 0 fully saturated rings. The zero-order valence-corrected chi connectivity index (χ0v) is 19.0. The predicted molar refractivity (Wildman–Crippen MR) is 129 cm³/mol. The second-order valence-corrected chi connectivity index (χ2v) is 7.63. The van der Waals surface area contributed by atoms with Gasteiger partial charge in [-0.3, -0.25) is 14.9 Å². The largest absolute Gasteiger partial charge is 0.493 e. The van der Waals surface area contributed by atoms with Gasteiger partial charge in [-0.1, -0.05) is 41.5 Å². The summed E-state index contributed by atoms with van der Waals surface area (Å²) < 4.78 is 11.3. The summed E-state index contributed by atoms with van der Waals surface area (Å²) in [6.07, 6.45) is 1.41. The summed E-state index contributed by atoms with van der Waals surface area (Å²) in [4.78, 5) is 22.9. The number of hydrogen-bond donors (Lipinski definition) is 1. The van der Waals surface area contributed by atoms with Crippen LogP contribution in [0.1, 0.15) is 22.3 Å². The summed E-state index contributed by atoms with van der Waals surface area (Å²) in [5.74, 6) is 0.296. The van der Waals surface area contributed by atoms with Crippen molar-refractivity contribution in [1.82, 2.24) is 0 Å². The molecule has 172 valence electrons. The van der Waals surface area contributed by atoms with Crippen LogP contribution in [0.5, 0.6) is 11.5 Å². The molecule has 1 N–H and O–H groups in total. The number of amides is 1. The van der Waals surface area contributed by atoms with Gasteiger partial charge in [0.15, 0.2) is 11.5 Å². The highest BCUT2D eigenvalue weighted by atomic mass is 16.6. The molecule has 0 aliphatic carbocycles. The number of methoxy groups -OCH3 is 1. The van der Waals surface area contributed by atoms with Crippen LogP contribution in [-0.4, -0.2) is 17.9 Å². The van der Waals surface area contributed by atoms with Crippen LogP contribution in [0.25, 0.3) is 6.08 Å². The average Bonchev–Trinajstić information content (AvgIpc) is 2.80. The molecule has 3 rings (SSSR count). The van der Waals surface area contributed by atoms with Gasteiger partial charge < -0.3 is 14.8 Å². The zero-order chi connectivity index (χ0) is 24.7. The van der Waals surface area contributed by atoms with Gasteiger partial charge in [-0.05, 0) is 49.2 Å². The average molecular weight is 457 g/mol. The number of nitrogens with one attached hydrogen (secondary N) is 1. The second-order valence-electron chi connectivity index (χ2n) is 7.63. The van der Waals surface area contributed by atoms with Gasteiger partial charge in [0, 0.05) is 17.8 Å². The van der Waals surface area contributed by atoms with Crippen LogP contribution in [0, 0.1) is 35.3 Å². The summed E-state index contributed by atoms with van der Waals surface area (Å²) in [6.45, 7) is 4.42. The Morgan fingerprint density at radius 1 is 1.09 bits per heavy atom. The number of anilines is 1. The first kappa shape index (κ1) is 24.0. The predicted octanol–water partition coefficient (Wildman–Crippen LogP) is 5.34. The Labute approximate surface area is 197 Å². The summed E-state index contributed by atoms with van der Waals surface area (Å²) >= 11 is 0. The Morgan fingerprint density at radius 3 is 2.47 bits per heavy atom. The molecular weight excluding hydrogens is 434 g/mol. The number of hydrogen-bond acceptors (Lipinski definition) is 6. The lowest BCUT2D eigenvalue weighted by molar-refractivity contribution is -0.384. The molecule has 0 aromatic heterocycles. The number of aryl methyl sites for hydroxylation is 2. The highest BCUT2D eigenvalue weighted by Gasteiger charge is 2.13. The molecule has 0 spiro atoms. The normalized spacial score (nSPS) is 10.8. The smallest absolute Gasteiger partial charge is 0.271 e. The minimum Gasteiger partial charge on any atom is -0.493 e. The molecule has 3 aromatic carbocycles. The van der Waals surface area contributed by atoms with E-state index in [-0.39, 0.29) is 16.9 Å². The van der Waals surface area contributed by atoms with Crippen LogP contribution in [0.15, 0.2) is 66.2 Å². The van der Waals surface area contributed by atoms with E-state index in [2.05, 4.69) is 23.5 Å². The molecule has 0 saturated heterocycles. The van der Waals surface area contributed by atoms with Gasteiger partial charge in [0.25, 0.3) is 11.6 Å². The monoisotopic (exact) mass is 457 g/mol. The second kappa shape index (κ2) is 10.8. The Hall–Kier alpha value is -4.64. The van der Waals surface area contributed by atoms with E-state index in [1.54, 1.807) is 18.2 Å². The summed E-state index contributed by atoms with van der Waals surface area (Å²) in [5, 5.41) is 22.9. The molecule has 0 aliphatic heterocycles. The highest BCUT2D eigenvalue weighted by Crippen LogP contribution is 2.30. The number of nitro benzene ring substituents is 1. The third-order valence-electron chi connectivity index (χ3n) is 4.85. The standard InChI is InChI=1S/C26H23N3O5/c1-17-9-18(2)11-20(10-17)16-34-24-8-7-19(13-25(24)33-3)12-21(15-27)26(30)28-22-5-4-6-23(14-22)29(31)32/h4-14H,16H2,1-3H3,(H,28,30)/b21-12+. The van der Waals surface area contributed by atoms with Crippen molar-refractivity contribution < 1.29 is 19.2 Å². The van der Waals surface area contributed by atoms with Crippen LogP contribution in [0.3, 0.4) is 0 Å². The van der Waals surface area contributed by atoms with Gasteiger partial charge in [-0.25, -0.2) is 0 Å². The highest BCUT2D eigenvalue weighted by molar-refractivity contribution is 6.09. The molecule has 0 saturated carbocycles. The minimum atomic E-state index is -0.683. The van der Waals surface area contributed by atoms with Crippen molar-refractivity contribution in [2.45, 2.75) is 20.5 Å². The lowest BCUT2D eigenvalue weighted by Gasteiger charge is -2.12. The molecule has 0 bridgehead atoms. The Balaban J connectivity index is 1.76. The van der Waals surface area contributed by atoms with Crippen molar-refractivity contribution in [1.29, 1.82) is 5.26 Å². The lowest BCUT2D eigenvalue weighted by atomic mass is 10.1. The minimum absolute atomic E-state index is 0.165. The lowest BCUT2D eigenvalue weighted by Crippen LogP contribution is -2.13. The van der Waals surface area contributed by atoms with Crippen LogP contribution in [0.2, 0.25) is 0 Å². The van der Waals surface area contributed by atoms with Crippen molar-refractivity contribution in [3.63, 3.8) is 0 Å². The number of rotatable bonds is 8. The molecule has 0 aliphatic rings. The molecule has 8 nitrogen and oxygen atoms in total. The molecular formula is C26H23N3O5. The van der Waals surface area contributed by atoms with Crippen molar-refractivity contribution in [2.24, 2.45) is 0 Å². The number of benzene rings is 3. The van der Waals surface area contributed by atoms with Crippen molar-refractivity contribution in [3.8, 4) is 17.6 Å². The third kappa shape index (κ3) is 6.20. The molecule has 3 aromatic rings. The summed E-state index contributed by atoms with van der Waals surface area (Å²) in [6, 6.07) is 18.6. The van der Waals surface area contributed by atoms with Crippen LogP contribution in [0.4, 0.5) is 11.4 Å². The van der Waals surface area contributed by atoms with E-state index in [0.717, 1.165) is 16.7 Å². The molecule has 0 unspecified atom stereocenters. The van der Waals surface area contributed by atoms with Gasteiger partial charge in [-0.2, -0.15) is 5.26 Å². The van der Waals surface area contributed by atoms with E-state index in [0.29, 0.717) is 23.7 Å². The molecule has 34 heavy (non-hydrogen) atoms. The zero-order valence-electron chi connectivity index (χ0n) is 19.0. The number of carbonyl (C=O) groups is 1. The maximum Gasteiger partial charge on any atom is 0.271 e. The number of nitriles is 1. The summed E-state index contributed by atoms with van der Waals surface area (Å²) in [5.41, 5.74) is 3.78. The topological polar surface area (TPSA) is 114 Å². The molecule has 0 heterocycles. The molecule has 8 heteroatoms. The molecule has 0 atom stereocenters. The maximum atomic E-state index is 12.5. The number of non-ortho nitro benzene ring substituents is 1. The van der Waals surface area contributed by atoms with E-state index in [4.69, 9.17) is 9.47 Å². The van der Waals surface area contributed by atoms with Gasteiger partial charge in [0.05, 0.1) is 12.0 Å². The first-order valence-corrected chi connectivity index (χ1v) is 10.3. The first-order valence-electron chi connectivity index (χ1n) is 10.3. The number of carbonyl (C=O) groups excluding carboxylic acids is 1. The number of ether oxygens (including phenoxy) is 2. The fourth-order valence-electron chi connectivity index (χ4n) is 3.42.